The number of aromatic nitrogens is 1. The third-order valence-electron chi connectivity index (χ3n) is 2.59. The normalized spacial score (nSPS) is 10.5. The minimum Gasteiger partial charge on any atom is -0.431 e. The second-order valence-corrected chi connectivity index (χ2v) is 3.91. The number of nitrogens with two attached hydrogens (primary N) is 1. The van der Waals surface area contributed by atoms with Gasteiger partial charge < -0.3 is 14.9 Å². The number of hydrogen-bond acceptors (Lipinski definition) is 5. The molecular formula is C14H10N2O3. The van der Waals surface area contributed by atoms with Crippen molar-refractivity contribution in [1.82, 2.24) is 4.98 Å². The summed E-state index contributed by atoms with van der Waals surface area (Å²) in [5, 5.41) is 0. The van der Waals surface area contributed by atoms with Crippen molar-refractivity contribution >= 4 is 22.8 Å². The zero-order valence-corrected chi connectivity index (χ0v) is 9.87. The molecule has 0 aliphatic carbocycles. The average Bonchev–Trinajstić information content (AvgIpc) is 2.85. The second kappa shape index (κ2) is 4.45. The quantitative estimate of drug-likeness (QED) is 0.432. The number of carbonyl (C=O) groups excluding carboxylic acids is 1. The summed E-state index contributed by atoms with van der Waals surface area (Å²) < 4.78 is 10.5. The van der Waals surface area contributed by atoms with E-state index >= 15 is 0 Å². The number of anilines is 1. The van der Waals surface area contributed by atoms with Crippen molar-refractivity contribution in [2.75, 3.05) is 5.73 Å². The Morgan fingerprint density at radius 3 is 2.63 bits per heavy atom. The lowest BCUT2D eigenvalue weighted by molar-refractivity contribution is 0.0696. The van der Waals surface area contributed by atoms with Crippen LogP contribution in [-0.2, 0) is 0 Å². The molecule has 0 saturated heterocycles. The summed E-state index contributed by atoms with van der Waals surface area (Å²) in [6.45, 7) is 0. The Morgan fingerprint density at radius 1 is 1.11 bits per heavy atom. The van der Waals surface area contributed by atoms with Gasteiger partial charge in [-0.1, -0.05) is 24.3 Å². The van der Waals surface area contributed by atoms with Gasteiger partial charge in [0.05, 0.1) is 5.69 Å². The number of fused-ring (bicyclic) bond motifs is 1. The van der Waals surface area contributed by atoms with Gasteiger partial charge in [0.15, 0.2) is 11.3 Å². The van der Waals surface area contributed by atoms with Crippen LogP contribution < -0.4 is 10.5 Å². The van der Waals surface area contributed by atoms with Crippen LogP contribution in [0.3, 0.4) is 0 Å². The third kappa shape index (κ3) is 2.13. The number of hydrogen-bond donors (Lipinski definition) is 1. The van der Waals surface area contributed by atoms with Gasteiger partial charge >= 0.3 is 11.9 Å². The van der Waals surface area contributed by atoms with Crippen LogP contribution in [0.4, 0.5) is 5.69 Å². The molecule has 0 aliphatic heterocycles. The van der Waals surface area contributed by atoms with E-state index < -0.39 is 5.97 Å². The predicted octanol–water partition coefficient (Wildman–Crippen LogP) is 2.63. The minimum atomic E-state index is -0.672. The molecular weight excluding hydrogens is 244 g/mol. The molecule has 0 fully saturated rings. The summed E-state index contributed by atoms with van der Waals surface area (Å²) in [4.78, 5) is 16.0. The SMILES string of the molecule is Nc1ccccc1OC(=O)c1nc2ccccc2o1. The largest absolute Gasteiger partial charge is 0.431 e. The van der Waals surface area contributed by atoms with Gasteiger partial charge in [0.25, 0.3) is 0 Å². The fraction of sp³-hybridized carbons (Fsp3) is 0. The maximum atomic E-state index is 11.9. The first-order chi connectivity index (χ1) is 9.24. The molecule has 1 heterocycles. The fourth-order valence-corrected chi connectivity index (χ4v) is 1.68. The molecule has 0 bridgehead atoms. The van der Waals surface area contributed by atoms with Gasteiger partial charge in [-0.3, -0.25) is 0 Å². The zero-order chi connectivity index (χ0) is 13.2. The molecule has 1 aromatic heterocycles. The van der Waals surface area contributed by atoms with Gasteiger partial charge in [-0.2, -0.15) is 0 Å². The van der Waals surface area contributed by atoms with Crippen LogP contribution in [0.1, 0.15) is 10.7 Å². The number of nitrogen functional groups attached to an aromatic ring is 1. The van der Waals surface area contributed by atoms with Gasteiger partial charge in [0.1, 0.15) is 5.52 Å². The smallest absolute Gasteiger partial charge is 0.400 e. The summed E-state index contributed by atoms with van der Waals surface area (Å²) in [6, 6.07) is 13.8. The Hall–Kier alpha value is -2.82. The molecule has 0 saturated carbocycles. The lowest BCUT2D eigenvalue weighted by atomic mass is 10.3. The van der Waals surface area contributed by atoms with Crippen molar-refractivity contribution < 1.29 is 13.9 Å². The molecule has 19 heavy (non-hydrogen) atoms. The van der Waals surface area contributed by atoms with Gasteiger partial charge in [0.2, 0.25) is 0 Å². The summed E-state index contributed by atoms with van der Waals surface area (Å²) >= 11 is 0. The maximum Gasteiger partial charge on any atom is 0.400 e. The lowest BCUT2D eigenvalue weighted by Gasteiger charge is -2.03. The standard InChI is InChI=1S/C14H10N2O3/c15-9-5-1-3-7-11(9)19-14(17)13-16-10-6-2-4-8-12(10)18-13/h1-8H,15H2. The molecule has 5 heteroatoms. The molecule has 5 nitrogen and oxygen atoms in total. The van der Waals surface area contributed by atoms with E-state index in [0.717, 1.165) is 0 Å². The molecule has 3 aromatic rings. The van der Waals surface area contributed by atoms with E-state index in [1.54, 1.807) is 42.5 Å². The molecule has 0 spiro atoms. The number of rotatable bonds is 2. The number of oxazole rings is 1. The highest BCUT2D eigenvalue weighted by Crippen LogP contribution is 2.22. The number of nitrogens with zero attached hydrogens (tertiary/aromatic N) is 1. The lowest BCUT2D eigenvalue weighted by Crippen LogP contribution is -2.09. The molecule has 0 atom stereocenters. The number of ether oxygens (including phenoxy) is 1. The first kappa shape index (κ1) is 11.3. The number of benzene rings is 2. The van der Waals surface area contributed by atoms with E-state index in [1.807, 2.05) is 6.07 Å². The Balaban J connectivity index is 1.90. The zero-order valence-electron chi connectivity index (χ0n) is 9.87. The summed E-state index contributed by atoms with van der Waals surface area (Å²) in [5.74, 6) is -0.478. The molecule has 0 unspecified atom stereocenters. The topological polar surface area (TPSA) is 78.4 Å². The van der Waals surface area contributed by atoms with E-state index in [4.69, 9.17) is 14.9 Å². The van der Waals surface area contributed by atoms with Crippen LogP contribution in [0.2, 0.25) is 0 Å². The molecule has 94 valence electrons. The first-order valence-electron chi connectivity index (χ1n) is 5.66. The van der Waals surface area contributed by atoms with Crippen LogP contribution in [0.25, 0.3) is 11.1 Å². The molecule has 2 aromatic carbocycles. The summed E-state index contributed by atoms with van der Waals surface area (Å²) in [7, 11) is 0. The van der Waals surface area contributed by atoms with Crippen LogP contribution in [0.5, 0.6) is 5.75 Å². The molecule has 2 N–H and O–H groups in total. The van der Waals surface area contributed by atoms with E-state index in [-0.39, 0.29) is 11.6 Å². The van der Waals surface area contributed by atoms with Crippen molar-refractivity contribution in [3.05, 3.63) is 54.4 Å². The van der Waals surface area contributed by atoms with Gasteiger partial charge in [0, 0.05) is 0 Å². The predicted molar refractivity (Wildman–Crippen MR) is 69.8 cm³/mol. The molecule has 0 aliphatic rings. The highest BCUT2D eigenvalue weighted by Gasteiger charge is 2.17. The van der Waals surface area contributed by atoms with Crippen molar-refractivity contribution in [3.63, 3.8) is 0 Å². The fourth-order valence-electron chi connectivity index (χ4n) is 1.68. The monoisotopic (exact) mass is 254 g/mol. The van der Waals surface area contributed by atoms with Crippen LogP contribution in [0, 0.1) is 0 Å². The van der Waals surface area contributed by atoms with E-state index in [0.29, 0.717) is 16.8 Å². The molecule has 0 amide bonds. The van der Waals surface area contributed by atoms with Crippen molar-refractivity contribution in [2.45, 2.75) is 0 Å². The Kier molecular flexibility index (Phi) is 2.64. The Labute approximate surface area is 108 Å². The summed E-state index contributed by atoms with van der Waals surface area (Å²) in [5.41, 5.74) is 7.22. The van der Waals surface area contributed by atoms with E-state index in [1.165, 1.54) is 0 Å². The number of carbonyl (C=O) groups is 1. The Morgan fingerprint density at radius 2 is 1.84 bits per heavy atom. The third-order valence-corrected chi connectivity index (χ3v) is 2.59. The van der Waals surface area contributed by atoms with Crippen LogP contribution >= 0.6 is 0 Å². The van der Waals surface area contributed by atoms with Crippen LogP contribution in [-0.4, -0.2) is 11.0 Å². The van der Waals surface area contributed by atoms with Gasteiger partial charge in [-0.25, -0.2) is 9.78 Å². The highest BCUT2D eigenvalue weighted by molar-refractivity contribution is 5.90. The van der Waals surface area contributed by atoms with E-state index in [2.05, 4.69) is 4.98 Å². The molecule has 0 radical (unpaired) electrons. The van der Waals surface area contributed by atoms with Crippen LogP contribution in [0.15, 0.2) is 52.9 Å². The second-order valence-electron chi connectivity index (χ2n) is 3.91. The summed E-state index contributed by atoms with van der Waals surface area (Å²) in [6.07, 6.45) is 0. The average molecular weight is 254 g/mol. The number of esters is 1. The highest BCUT2D eigenvalue weighted by atomic mass is 16.5. The minimum absolute atomic E-state index is 0.0931. The number of para-hydroxylation sites is 4. The first-order valence-corrected chi connectivity index (χ1v) is 5.66. The van der Waals surface area contributed by atoms with Crippen molar-refractivity contribution in [3.8, 4) is 5.75 Å². The van der Waals surface area contributed by atoms with E-state index in [9.17, 15) is 4.79 Å². The maximum absolute atomic E-state index is 11.9. The van der Waals surface area contributed by atoms with Gasteiger partial charge in [-0.05, 0) is 24.3 Å². The van der Waals surface area contributed by atoms with Crippen molar-refractivity contribution in [1.29, 1.82) is 0 Å². The molecule has 3 rings (SSSR count). The van der Waals surface area contributed by atoms with Crippen molar-refractivity contribution in [2.24, 2.45) is 0 Å². The van der Waals surface area contributed by atoms with Gasteiger partial charge in [-0.15, -0.1) is 0 Å². The Bertz CT molecular complexity index is 716.